The molecule has 0 unspecified atom stereocenters. The van der Waals surface area contributed by atoms with Gasteiger partial charge in [0.15, 0.2) is 0 Å². The molecular weight excluding hydrogens is 231 g/mol. The van der Waals surface area contributed by atoms with Gasteiger partial charge in [-0.25, -0.2) is 0 Å². The molecule has 0 radical (unpaired) electrons. The fraction of sp³-hybridized carbons (Fsp3) is 0.667. The number of halogens is 1. The maximum absolute atomic E-state index is 9.31. The summed E-state index contributed by atoms with van der Waals surface area (Å²) in [5, 5.41) is 9.31. The molecule has 0 spiro atoms. The predicted octanol–water partition coefficient (Wildman–Crippen LogP) is 0.534. The monoisotopic (exact) mass is 238 g/mol. The molecule has 0 aliphatic carbocycles. The van der Waals surface area contributed by atoms with Crippen LogP contribution in [0.5, 0.6) is 0 Å². The fourth-order valence-electron chi connectivity index (χ4n) is 0.638. The highest BCUT2D eigenvalue weighted by Crippen LogP contribution is 2.19. The smallest absolute Gasteiger partial charge is 0.122 e. The summed E-state index contributed by atoms with van der Waals surface area (Å²) in [6, 6.07) is 0. The third-order valence-corrected chi connectivity index (χ3v) is 1.61. The van der Waals surface area contributed by atoms with Crippen LogP contribution < -0.4 is 0 Å². The van der Waals surface area contributed by atoms with Crippen molar-refractivity contribution in [2.24, 2.45) is 0 Å². The average Bonchev–Trinajstić information content (AvgIpc) is 1.79. The molecule has 50 valence electrons. The molecule has 9 heavy (non-hydrogen) atoms. The van der Waals surface area contributed by atoms with Gasteiger partial charge in [-0.1, -0.05) is 5.92 Å². The Morgan fingerprint density at radius 3 is 2.67 bits per heavy atom. The summed E-state index contributed by atoms with van der Waals surface area (Å²) in [6.07, 6.45) is 0.538. The first-order valence-electron chi connectivity index (χ1n) is 2.65. The van der Waals surface area contributed by atoms with E-state index in [4.69, 9.17) is 4.74 Å². The molecule has 0 atom stereocenters. The summed E-state index contributed by atoms with van der Waals surface area (Å²) >= 11 is 1.95. The molecule has 1 N–H and O–H groups in total. The van der Waals surface area contributed by atoms with Crippen LogP contribution in [0.2, 0.25) is 0 Å². The van der Waals surface area contributed by atoms with E-state index in [0.717, 1.165) is 0 Å². The Kier molecular flexibility index (Phi) is 2.33. The first-order valence-corrected chi connectivity index (χ1v) is 3.73. The van der Waals surface area contributed by atoms with E-state index in [2.05, 4.69) is 9.85 Å². The first-order chi connectivity index (χ1) is 4.27. The Labute approximate surface area is 67.7 Å². The Hall–Kier alpha value is 0.210. The zero-order chi connectivity index (χ0) is 6.74. The largest absolute Gasteiger partial charge is 0.384 e. The molecule has 3 heteroatoms. The van der Waals surface area contributed by atoms with E-state index < -0.39 is 5.60 Å². The van der Waals surface area contributed by atoms with E-state index in [1.54, 1.807) is 0 Å². The highest BCUT2D eigenvalue weighted by atomic mass is 127. The molecule has 1 heterocycles. The van der Waals surface area contributed by atoms with Crippen LogP contribution in [0.1, 0.15) is 6.42 Å². The molecule has 0 aromatic carbocycles. The van der Waals surface area contributed by atoms with E-state index in [9.17, 15) is 5.11 Å². The highest BCUT2D eigenvalue weighted by Gasteiger charge is 2.34. The Balaban J connectivity index is 2.30. The minimum atomic E-state index is -0.627. The third kappa shape index (κ3) is 1.81. The van der Waals surface area contributed by atoms with Crippen molar-refractivity contribution >= 4 is 22.6 Å². The third-order valence-electron chi connectivity index (χ3n) is 1.23. The van der Waals surface area contributed by atoms with Gasteiger partial charge in [0.2, 0.25) is 0 Å². The topological polar surface area (TPSA) is 29.5 Å². The van der Waals surface area contributed by atoms with Gasteiger partial charge >= 0.3 is 0 Å². The van der Waals surface area contributed by atoms with Crippen LogP contribution in [0.4, 0.5) is 0 Å². The van der Waals surface area contributed by atoms with E-state index in [1.807, 2.05) is 22.6 Å². The van der Waals surface area contributed by atoms with Crippen LogP contribution in [0.15, 0.2) is 0 Å². The zero-order valence-corrected chi connectivity index (χ0v) is 7.01. The fourth-order valence-corrected chi connectivity index (χ4v) is 0.828. The van der Waals surface area contributed by atoms with Gasteiger partial charge in [0.05, 0.1) is 13.2 Å². The lowest BCUT2D eigenvalue weighted by Gasteiger charge is -2.34. The maximum atomic E-state index is 9.31. The van der Waals surface area contributed by atoms with Crippen LogP contribution >= 0.6 is 22.6 Å². The zero-order valence-electron chi connectivity index (χ0n) is 4.85. The van der Waals surface area contributed by atoms with E-state index in [1.165, 1.54) is 0 Å². The minimum Gasteiger partial charge on any atom is -0.384 e. The summed E-state index contributed by atoms with van der Waals surface area (Å²) in [7, 11) is 0. The van der Waals surface area contributed by atoms with Gasteiger partial charge in [0.25, 0.3) is 0 Å². The second kappa shape index (κ2) is 2.86. The molecule has 1 fully saturated rings. The second-order valence-electron chi connectivity index (χ2n) is 2.17. The molecule has 1 aliphatic rings. The number of hydrogen-bond donors (Lipinski definition) is 1. The van der Waals surface area contributed by atoms with Crippen molar-refractivity contribution in [3.63, 3.8) is 0 Å². The molecule has 1 rings (SSSR count). The maximum Gasteiger partial charge on any atom is 0.122 e. The van der Waals surface area contributed by atoms with E-state index in [0.29, 0.717) is 19.6 Å². The van der Waals surface area contributed by atoms with Crippen LogP contribution in [-0.4, -0.2) is 23.9 Å². The summed E-state index contributed by atoms with van der Waals surface area (Å²) in [4.78, 5) is 0. The summed E-state index contributed by atoms with van der Waals surface area (Å²) in [6.45, 7) is 0.886. The second-order valence-corrected chi connectivity index (χ2v) is 2.70. The Morgan fingerprint density at radius 1 is 1.67 bits per heavy atom. The van der Waals surface area contributed by atoms with Crippen molar-refractivity contribution in [1.29, 1.82) is 0 Å². The van der Waals surface area contributed by atoms with Crippen molar-refractivity contribution < 1.29 is 9.84 Å². The molecule has 2 nitrogen and oxygen atoms in total. The molecule has 0 amide bonds. The SMILES string of the molecule is OC1(CC#CI)COC1. The minimum absolute atomic E-state index is 0.443. The summed E-state index contributed by atoms with van der Waals surface area (Å²) in [5.74, 6) is 2.80. The van der Waals surface area contributed by atoms with Gasteiger partial charge < -0.3 is 9.84 Å². The van der Waals surface area contributed by atoms with E-state index >= 15 is 0 Å². The van der Waals surface area contributed by atoms with Crippen molar-refractivity contribution in [1.82, 2.24) is 0 Å². The van der Waals surface area contributed by atoms with Gasteiger partial charge in [0.1, 0.15) is 5.60 Å². The number of rotatable bonds is 1. The lowest BCUT2D eigenvalue weighted by molar-refractivity contribution is -0.174. The molecule has 1 saturated heterocycles. The molecule has 0 aromatic heterocycles. The van der Waals surface area contributed by atoms with Gasteiger partial charge in [-0.15, -0.1) is 0 Å². The quantitative estimate of drug-likeness (QED) is 0.533. The molecule has 0 bridgehead atoms. The predicted molar refractivity (Wildman–Crippen MR) is 42.2 cm³/mol. The summed E-state index contributed by atoms with van der Waals surface area (Å²) < 4.78 is 7.51. The number of hydrogen-bond acceptors (Lipinski definition) is 2. The first kappa shape index (κ1) is 7.32. The lowest BCUT2D eigenvalue weighted by Crippen LogP contribution is -2.49. The number of aliphatic hydroxyl groups is 1. The van der Waals surface area contributed by atoms with Crippen molar-refractivity contribution in [3.8, 4) is 9.85 Å². The molecular formula is C6H7IO2. The normalized spacial score (nSPS) is 21.6. The average molecular weight is 238 g/mol. The van der Waals surface area contributed by atoms with Crippen LogP contribution in [0.25, 0.3) is 0 Å². The highest BCUT2D eigenvalue weighted by molar-refractivity contribution is 14.1. The number of ether oxygens (including phenoxy) is 1. The van der Waals surface area contributed by atoms with Crippen LogP contribution in [0, 0.1) is 9.85 Å². The van der Waals surface area contributed by atoms with Crippen LogP contribution in [-0.2, 0) is 4.74 Å². The van der Waals surface area contributed by atoms with E-state index in [-0.39, 0.29) is 0 Å². The van der Waals surface area contributed by atoms with Gasteiger partial charge in [-0.05, 0) is 3.93 Å². The Morgan fingerprint density at radius 2 is 2.33 bits per heavy atom. The lowest BCUT2D eigenvalue weighted by atomic mass is 9.99. The molecule has 0 saturated carbocycles. The Bertz CT molecular complexity index is 152. The summed E-state index contributed by atoms with van der Waals surface area (Å²) in [5.41, 5.74) is -0.627. The van der Waals surface area contributed by atoms with Crippen molar-refractivity contribution in [3.05, 3.63) is 0 Å². The van der Waals surface area contributed by atoms with Gasteiger partial charge in [-0.2, -0.15) is 0 Å². The van der Waals surface area contributed by atoms with Gasteiger partial charge in [-0.3, -0.25) is 0 Å². The standard InChI is InChI=1S/C6H7IO2/c7-3-1-2-6(8)4-9-5-6/h8H,2,4-5H2. The van der Waals surface area contributed by atoms with Crippen molar-refractivity contribution in [2.75, 3.05) is 13.2 Å². The van der Waals surface area contributed by atoms with Crippen molar-refractivity contribution in [2.45, 2.75) is 12.0 Å². The molecule has 1 aliphatic heterocycles. The van der Waals surface area contributed by atoms with Crippen LogP contribution in [0.3, 0.4) is 0 Å². The van der Waals surface area contributed by atoms with Gasteiger partial charge in [0, 0.05) is 29.0 Å². The molecule has 0 aromatic rings.